The maximum atomic E-state index is 13.4. The molecular formula is C20H23FN4OS. The van der Waals surface area contributed by atoms with E-state index in [-0.39, 0.29) is 5.82 Å². The van der Waals surface area contributed by atoms with Crippen LogP contribution in [-0.4, -0.2) is 26.7 Å². The molecule has 5 nitrogen and oxygen atoms in total. The third-order valence-corrected chi connectivity index (χ3v) is 5.03. The highest BCUT2D eigenvalue weighted by atomic mass is 32.2. The number of aromatic nitrogens is 3. The zero-order valence-electron chi connectivity index (χ0n) is 15.6. The van der Waals surface area contributed by atoms with Gasteiger partial charge in [-0.3, -0.25) is 4.90 Å². The van der Waals surface area contributed by atoms with Crippen LogP contribution in [0.3, 0.4) is 0 Å². The molecule has 0 fully saturated rings. The molecule has 0 radical (unpaired) electrons. The van der Waals surface area contributed by atoms with Crippen molar-refractivity contribution < 1.29 is 8.81 Å². The topological polar surface area (TPSA) is 47.1 Å². The number of furan rings is 1. The van der Waals surface area contributed by atoms with Crippen LogP contribution in [-0.2, 0) is 25.4 Å². The number of aryl methyl sites for hydroxylation is 1. The predicted octanol–water partition coefficient (Wildman–Crippen LogP) is 4.43. The van der Waals surface area contributed by atoms with Gasteiger partial charge in [0.2, 0.25) is 0 Å². The first-order chi connectivity index (χ1) is 13.0. The molecule has 2 aromatic heterocycles. The molecule has 3 aromatic rings. The molecule has 0 saturated heterocycles. The van der Waals surface area contributed by atoms with Gasteiger partial charge in [-0.15, -0.1) is 16.8 Å². The Morgan fingerprint density at radius 1 is 1.26 bits per heavy atom. The molecule has 0 bridgehead atoms. The zero-order valence-corrected chi connectivity index (χ0v) is 16.4. The lowest BCUT2D eigenvalue weighted by Gasteiger charge is -2.15. The lowest BCUT2D eigenvalue weighted by Crippen LogP contribution is -2.20. The summed E-state index contributed by atoms with van der Waals surface area (Å²) in [6.07, 6.45) is 1.83. The molecule has 0 saturated carbocycles. The fraction of sp³-hybridized carbons (Fsp3) is 0.300. The van der Waals surface area contributed by atoms with E-state index in [2.05, 4.69) is 21.7 Å². The van der Waals surface area contributed by atoms with Crippen LogP contribution in [0, 0.1) is 12.7 Å². The van der Waals surface area contributed by atoms with Crippen molar-refractivity contribution in [2.24, 2.45) is 0 Å². The second kappa shape index (κ2) is 9.01. The van der Waals surface area contributed by atoms with Gasteiger partial charge in [0.1, 0.15) is 23.2 Å². The molecule has 0 spiro atoms. The van der Waals surface area contributed by atoms with E-state index < -0.39 is 0 Å². The quantitative estimate of drug-likeness (QED) is 0.402. The van der Waals surface area contributed by atoms with Crippen molar-refractivity contribution in [3.8, 4) is 0 Å². The van der Waals surface area contributed by atoms with Gasteiger partial charge in [0, 0.05) is 12.3 Å². The number of rotatable bonds is 9. The molecule has 142 valence electrons. The van der Waals surface area contributed by atoms with Crippen molar-refractivity contribution in [1.82, 2.24) is 19.7 Å². The van der Waals surface area contributed by atoms with Gasteiger partial charge in [-0.2, -0.15) is 0 Å². The largest absolute Gasteiger partial charge is 0.465 e. The van der Waals surface area contributed by atoms with E-state index in [1.807, 2.05) is 42.8 Å². The van der Waals surface area contributed by atoms with Gasteiger partial charge in [-0.05, 0) is 43.8 Å². The summed E-state index contributed by atoms with van der Waals surface area (Å²) in [4.78, 5) is 2.13. The minimum atomic E-state index is -0.226. The SMILES string of the molecule is C=CCn1c(CN(C)Cc2ccc(C)o2)nnc1SCc1cccc(F)c1. The third-order valence-electron chi connectivity index (χ3n) is 4.00. The first-order valence-corrected chi connectivity index (χ1v) is 9.68. The maximum absolute atomic E-state index is 13.4. The van der Waals surface area contributed by atoms with Crippen LogP contribution in [0.1, 0.15) is 22.9 Å². The Balaban J connectivity index is 1.67. The summed E-state index contributed by atoms with van der Waals surface area (Å²) < 4.78 is 21.0. The average molecular weight is 386 g/mol. The number of hydrogen-bond acceptors (Lipinski definition) is 5. The number of hydrogen-bond donors (Lipinski definition) is 0. The molecule has 3 rings (SSSR count). The molecule has 2 heterocycles. The minimum absolute atomic E-state index is 0.226. The average Bonchev–Trinajstić information content (AvgIpc) is 3.20. The number of allylic oxidation sites excluding steroid dienone is 1. The second-order valence-electron chi connectivity index (χ2n) is 6.40. The fourth-order valence-electron chi connectivity index (χ4n) is 2.76. The van der Waals surface area contributed by atoms with E-state index in [1.54, 1.807) is 23.9 Å². The first kappa shape index (κ1) is 19.4. The molecule has 0 unspecified atom stereocenters. The normalized spacial score (nSPS) is 11.3. The van der Waals surface area contributed by atoms with Crippen molar-refractivity contribution in [1.29, 1.82) is 0 Å². The Hall–Kier alpha value is -2.38. The molecule has 27 heavy (non-hydrogen) atoms. The van der Waals surface area contributed by atoms with Crippen molar-refractivity contribution in [3.05, 3.63) is 77.8 Å². The first-order valence-electron chi connectivity index (χ1n) is 8.69. The van der Waals surface area contributed by atoms with Gasteiger partial charge >= 0.3 is 0 Å². The van der Waals surface area contributed by atoms with Crippen molar-refractivity contribution >= 4 is 11.8 Å². The monoisotopic (exact) mass is 386 g/mol. The van der Waals surface area contributed by atoms with Crippen molar-refractivity contribution in [2.45, 2.75) is 37.5 Å². The van der Waals surface area contributed by atoms with Gasteiger partial charge in [-0.25, -0.2) is 4.39 Å². The van der Waals surface area contributed by atoms with Crippen LogP contribution < -0.4 is 0 Å². The van der Waals surface area contributed by atoms with Crippen LogP contribution >= 0.6 is 11.8 Å². The summed E-state index contributed by atoms with van der Waals surface area (Å²) in [5, 5.41) is 9.47. The summed E-state index contributed by atoms with van der Waals surface area (Å²) in [5.41, 5.74) is 0.917. The number of benzene rings is 1. The summed E-state index contributed by atoms with van der Waals surface area (Å²) in [6, 6.07) is 10.6. The van der Waals surface area contributed by atoms with E-state index in [0.29, 0.717) is 25.4 Å². The van der Waals surface area contributed by atoms with Gasteiger partial charge < -0.3 is 8.98 Å². The molecule has 1 aromatic carbocycles. The Kier molecular flexibility index (Phi) is 6.47. The lowest BCUT2D eigenvalue weighted by atomic mass is 10.2. The Labute approximate surface area is 162 Å². The Morgan fingerprint density at radius 3 is 2.81 bits per heavy atom. The highest BCUT2D eigenvalue weighted by Crippen LogP contribution is 2.23. The molecule has 0 atom stereocenters. The van der Waals surface area contributed by atoms with E-state index in [1.165, 1.54) is 6.07 Å². The lowest BCUT2D eigenvalue weighted by molar-refractivity contribution is 0.275. The number of nitrogens with zero attached hydrogens (tertiary/aromatic N) is 4. The second-order valence-corrected chi connectivity index (χ2v) is 7.34. The zero-order chi connectivity index (χ0) is 19.2. The number of halogens is 1. The molecule has 0 aliphatic rings. The molecule has 0 N–H and O–H groups in total. The molecule has 0 amide bonds. The summed E-state index contributed by atoms with van der Waals surface area (Å²) >= 11 is 1.54. The van der Waals surface area contributed by atoms with E-state index in [0.717, 1.165) is 28.1 Å². The Morgan fingerprint density at radius 2 is 2.11 bits per heavy atom. The van der Waals surface area contributed by atoms with Crippen LogP contribution in [0.15, 0.2) is 58.6 Å². The molecular weight excluding hydrogens is 363 g/mol. The minimum Gasteiger partial charge on any atom is -0.465 e. The molecule has 0 aliphatic carbocycles. The van der Waals surface area contributed by atoms with E-state index in [9.17, 15) is 4.39 Å². The van der Waals surface area contributed by atoms with Crippen molar-refractivity contribution in [2.75, 3.05) is 7.05 Å². The highest BCUT2D eigenvalue weighted by molar-refractivity contribution is 7.98. The van der Waals surface area contributed by atoms with Crippen LogP contribution in [0.5, 0.6) is 0 Å². The number of thioether (sulfide) groups is 1. The third kappa shape index (κ3) is 5.30. The Bertz CT molecular complexity index is 905. The van der Waals surface area contributed by atoms with Gasteiger partial charge in [0.15, 0.2) is 5.16 Å². The van der Waals surface area contributed by atoms with Gasteiger partial charge in [0.25, 0.3) is 0 Å². The summed E-state index contributed by atoms with van der Waals surface area (Å²) in [5.74, 6) is 3.10. The molecule has 0 aliphatic heterocycles. The highest BCUT2D eigenvalue weighted by Gasteiger charge is 2.14. The smallest absolute Gasteiger partial charge is 0.191 e. The van der Waals surface area contributed by atoms with Crippen molar-refractivity contribution in [3.63, 3.8) is 0 Å². The predicted molar refractivity (Wildman–Crippen MR) is 105 cm³/mol. The van der Waals surface area contributed by atoms with E-state index >= 15 is 0 Å². The standard InChI is InChI=1S/C20H23FN4OS/c1-4-10-25-19(13-24(3)12-18-9-8-15(2)26-18)22-23-20(25)27-14-16-6-5-7-17(21)11-16/h4-9,11H,1,10,12-14H2,2-3H3. The van der Waals surface area contributed by atoms with Crippen LogP contribution in [0.2, 0.25) is 0 Å². The fourth-order valence-corrected chi connectivity index (χ4v) is 3.67. The van der Waals surface area contributed by atoms with Gasteiger partial charge in [0.05, 0.1) is 13.1 Å². The summed E-state index contributed by atoms with van der Waals surface area (Å²) in [6.45, 7) is 7.73. The maximum Gasteiger partial charge on any atom is 0.191 e. The van der Waals surface area contributed by atoms with Crippen LogP contribution in [0.25, 0.3) is 0 Å². The summed E-state index contributed by atoms with van der Waals surface area (Å²) in [7, 11) is 2.02. The molecule has 7 heteroatoms. The van der Waals surface area contributed by atoms with Crippen LogP contribution in [0.4, 0.5) is 4.39 Å². The van der Waals surface area contributed by atoms with E-state index in [4.69, 9.17) is 4.42 Å². The van der Waals surface area contributed by atoms with Gasteiger partial charge in [-0.1, -0.05) is 30.0 Å².